The summed E-state index contributed by atoms with van der Waals surface area (Å²) in [6.45, 7) is 8.62. The minimum absolute atomic E-state index is 0.112. The molecule has 5 nitrogen and oxygen atoms in total. The van der Waals surface area contributed by atoms with Gasteiger partial charge in [0.1, 0.15) is 5.82 Å². The lowest BCUT2D eigenvalue weighted by Crippen LogP contribution is -2.39. The highest BCUT2D eigenvalue weighted by Gasteiger charge is 2.18. The first-order chi connectivity index (χ1) is 13.3. The largest absolute Gasteiger partial charge is 0.490 e. The summed E-state index contributed by atoms with van der Waals surface area (Å²) in [7, 11) is 0. The molecule has 28 heavy (non-hydrogen) atoms. The number of hydrogen-bond acceptors (Lipinski definition) is 4. The Balaban J connectivity index is 2.05. The van der Waals surface area contributed by atoms with Crippen molar-refractivity contribution in [2.45, 2.75) is 39.8 Å². The molecule has 0 heterocycles. The number of rotatable bonds is 9. The molecule has 0 radical (unpaired) electrons. The minimum Gasteiger partial charge on any atom is -0.490 e. The highest BCUT2D eigenvalue weighted by Crippen LogP contribution is 2.31. The Bertz CT molecular complexity index is 816. The molecule has 2 N–H and O–H groups in total. The smallest absolute Gasteiger partial charge is 0.241 e. The lowest BCUT2D eigenvalue weighted by molar-refractivity contribution is -0.117. The Labute approximate surface area is 170 Å². The summed E-state index contributed by atoms with van der Waals surface area (Å²) in [5.74, 6) is 0.641. The first kappa shape index (κ1) is 22.0. The SMILES string of the molecule is CCOc1ccc([C@@H](C)N[C@@H](C)C(=O)Nc2ccc(F)cc2Cl)cc1OCC. The second-order valence-corrected chi connectivity index (χ2v) is 6.70. The van der Waals surface area contributed by atoms with Gasteiger partial charge in [-0.2, -0.15) is 0 Å². The number of anilines is 1. The molecule has 0 aliphatic heterocycles. The molecule has 0 saturated carbocycles. The van der Waals surface area contributed by atoms with Crippen LogP contribution in [0.3, 0.4) is 0 Å². The summed E-state index contributed by atoms with van der Waals surface area (Å²) in [6, 6.07) is 8.94. The van der Waals surface area contributed by atoms with Gasteiger partial charge in [-0.3, -0.25) is 10.1 Å². The van der Waals surface area contributed by atoms with Gasteiger partial charge >= 0.3 is 0 Å². The third kappa shape index (κ3) is 5.84. The van der Waals surface area contributed by atoms with Crippen LogP contribution < -0.4 is 20.1 Å². The van der Waals surface area contributed by atoms with Crippen LogP contribution in [0.5, 0.6) is 11.5 Å². The third-order valence-electron chi connectivity index (χ3n) is 4.15. The second kappa shape index (κ2) is 10.3. The van der Waals surface area contributed by atoms with E-state index >= 15 is 0 Å². The highest BCUT2D eigenvalue weighted by atomic mass is 35.5. The summed E-state index contributed by atoms with van der Waals surface area (Å²) >= 11 is 5.97. The van der Waals surface area contributed by atoms with Gasteiger partial charge in [0, 0.05) is 6.04 Å². The van der Waals surface area contributed by atoms with Crippen molar-refractivity contribution in [3.05, 3.63) is 52.8 Å². The van der Waals surface area contributed by atoms with E-state index in [1.165, 1.54) is 12.1 Å². The fourth-order valence-electron chi connectivity index (χ4n) is 2.72. The van der Waals surface area contributed by atoms with Gasteiger partial charge in [0.15, 0.2) is 11.5 Å². The van der Waals surface area contributed by atoms with Gasteiger partial charge in [-0.05, 0) is 63.6 Å². The van der Waals surface area contributed by atoms with Gasteiger partial charge in [-0.15, -0.1) is 0 Å². The Morgan fingerprint density at radius 1 is 1.07 bits per heavy atom. The van der Waals surface area contributed by atoms with E-state index in [1.807, 2.05) is 39.0 Å². The maximum absolute atomic E-state index is 13.1. The predicted molar refractivity (Wildman–Crippen MR) is 110 cm³/mol. The summed E-state index contributed by atoms with van der Waals surface area (Å²) in [5, 5.41) is 6.10. The van der Waals surface area contributed by atoms with E-state index in [1.54, 1.807) is 6.92 Å². The van der Waals surface area contributed by atoms with Crippen molar-refractivity contribution in [1.29, 1.82) is 0 Å². The lowest BCUT2D eigenvalue weighted by atomic mass is 10.1. The number of halogens is 2. The summed E-state index contributed by atoms with van der Waals surface area (Å²) in [5.41, 5.74) is 1.33. The molecule has 152 valence electrons. The number of carbonyl (C=O) groups is 1. The zero-order valence-electron chi connectivity index (χ0n) is 16.5. The monoisotopic (exact) mass is 408 g/mol. The first-order valence-electron chi connectivity index (χ1n) is 9.27. The third-order valence-corrected chi connectivity index (χ3v) is 4.46. The lowest BCUT2D eigenvalue weighted by Gasteiger charge is -2.21. The second-order valence-electron chi connectivity index (χ2n) is 6.30. The average Bonchev–Trinajstić information content (AvgIpc) is 2.65. The number of amides is 1. The van der Waals surface area contributed by atoms with Gasteiger partial charge in [0.05, 0.1) is 30.0 Å². The standard InChI is InChI=1S/C21H26ClFN2O3/c1-5-27-19-10-7-15(11-20(19)28-6-2)13(3)24-14(4)21(26)25-18-9-8-16(23)12-17(18)22/h7-14,24H,5-6H2,1-4H3,(H,25,26)/t13-,14+/m1/s1. The zero-order valence-corrected chi connectivity index (χ0v) is 17.3. The van der Waals surface area contributed by atoms with Crippen molar-refractivity contribution in [2.24, 2.45) is 0 Å². The van der Waals surface area contributed by atoms with Gasteiger partial charge in [-0.25, -0.2) is 4.39 Å². The quantitative estimate of drug-likeness (QED) is 0.616. The van der Waals surface area contributed by atoms with Gasteiger partial charge in [0.2, 0.25) is 5.91 Å². The number of benzene rings is 2. The van der Waals surface area contributed by atoms with Gasteiger partial charge in [-0.1, -0.05) is 17.7 Å². The highest BCUT2D eigenvalue weighted by molar-refractivity contribution is 6.33. The van der Waals surface area contributed by atoms with E-state index in [0.29, 0.717) is 30.4 Å². The van der Waals surface area contributed by atoms with Crippen LogP contribution in [-0.4, -0.2) is 25.2 Å². The van der Waals surface area contributed by atoms with Crippen molar-refractivity contribution in [1.82, 2.24) is 5.32 Å². The molecule has 7 heteroatoms. The van der Waals surface area contributed by atoms with Crippen LogP contribution in [0, 0.1) is 5.82 Å². The predicted octanol–water partition coefficient (Wildman–Crippen LogP) is 4.95. The van der Waals surface area contributed by atoms with E-state index < -0.39 is 11.9 Å². The molecular weight excluding hydrogens is 383 g/mol. The summed E-state index contributed by atoms with van der Waals surface area (Å²) in [4.78, 5) is 12.5. The molecule has 2 rings (SSSR count). The maximum Gasteiger partial charge on any atom is 0.241 e. The maximum atomic E-state index is 13.1. The van der Waals surface area contributed by atoms with Crippen molar-refractivity contribution in [3.63, 3.8) is 0 Å². The summed E-state index contributed by atoms with van der Waals surface area (Å²) in [6.07, 6.45) is 0. The van der Waals surface area contributed by atoms with Crippen LogP contribution in [0.4, 0.5) is 10.1 Å². The van der Waals surface area contributed by atoms with Crippen LogP contribution in [0.15, 0.2) is 36.4 Å². The van der Waals surface area contributed by atoms with E-state index in [-0.39, 0.29) is 17.0 Å². The van der Waals surface area contributed by atoms with Crippen LogP contribution in [-0.2, 0) is 4.79 Å². The zero-order chi connectivity index (χ0) is 20.7. The van der Waals surface area contributed by atoms with E-state index in [2.05, 4.69) is 10.6 Å². The van der Waals surface area contributed by atoms with Crippen molar-refractivity contribution >= 4 is 23.2 Å². The van der Waals surface area contributed by atoms with E-state index in [9.17, 15) is 9.18 Å². The Hall–Kier alpha value is -2.31. The number of nitrogens with one attached hydrogen (secondary N) is 2. The van der Waals surface area contributed by atoms with Crippen LogP contribution in [0.25, 0.3) is 0 Å². The molecule has 0 aliphatic carbocycles. The van der Waals surface area contributed by atoms with E-state index in [0.717, 1.165) is 11.6 Å². The molecule has 0 bridgehead atoms. The number of carbonyl (C=O) groups excluding carboxylic acids is 1. The molecule has 0 spiro atoms. The molecule has 0 saturated heterocycles. The normalized spacial score (nSPS) is 12.9. The molecule has 0 aromatic heterocycles. The van der Waals surface area contributed by atoms with Crippen molar-refractivity contribution in [3.8, 4) is 11.5 Å². The minimum atomic E-state index is -0.502. The van der Waals surface area contributed by atoms with Gasteiger partial charge < -0.3 is 14.8 Å². The molecule has 0 aliphatic rings. The number of hydrogen-bond donors (Lipinski definition) is 2. The molecule has 1 amide bonds. The Morgan fingerprint density at radius 3 is 2.39 bits per heavy atom. The summed E-state index contributed by atoms with van der Waals surface area (Å²) < 4.78 is 24.4. The molecule has 2 aromatic carbocycles. The number of ether oxygens (including phenoxy) is 2. The Morgan fingerprint density at radius 2 is 1.75 bits per heavy atom. The molecule has 2 aromatic rings. The molecule has 2 atom stereocenters. The molecule has 0 fully saturated rings. The van der Waals surface area contributed by atoms with Crippen molar-refractivity contribution in [2.75, 3.05) is 18.5 Å². The average molecular weight is 409 g/mol. The molecular formula is C21H26ClFN2O3. The molecule has 0 unspecified atom stereocenters. The van der Waals surface area contributed by atoms with E-state index in [4.69, 9.17) is 21.1 Å². The van der Waals surface area contributed by atoms with Crippen LogP contribution in [0.1, 0.15) is 39.3 Å². The fourth-order valence-corrected chi connectivity index (χ4v) is 2.93. The Kier molecular flexibility index (Phi) is 8.08. The fraction of sp³-hybridized carbons (Fsp3) is 0.381. The van der Waals surface area contributed by atoms with Crippen LogP contribution in [0.2, 0.25) is 5.02 Å². The van der Waals surface area contributed by atoms with Gasteiger partial charge in [0.25, 0.3) is 0 Å². The van der Waals surface area contributed by atoms with Crippen molar-refractivity contribution < 1.29 is 18.7 Å². The van der Waals surface area contributed by atoms with Crippen LogP contribution >= 0.6 is 11.6 Å². The topological polar surface area (TPSA) is 59.6 Å². The first-order valence-corrected chi connectivity index (χ1v) is 9.65.